The van der Waals surface area contributed by atoms with E-state index >= 15 is 0 Å². The summed E-state index contributed by atoms with van der Waals surface area (Å²) in [5.74, 6) is -0.244. The highest BCUT2D eigenvalue weighted by atomic mass is 16.5. The van der Waals surface area contributed by atoms with Gasteiger partial charge in [0, 0.05) is 25.3 Å². The second-order valence-corrected chi connectivity index (χ2v) is 5.83. The first-order valence-corrected chi connectivity index (χ1v) is 7.20. The van der Waals surface area contributed by atoms with Gasteiger partial charge in [-0.05, 0) is 44.4 Å². The molecular weight excluding hydrogens is 252 g/mol. The Labute approximate surface area is 121 Å². The predicted octanol–water partition coefficient (Wildman–Crippen LogP) is 2.33. The second kappa shape index (κ2) is 6.27. The Morgan fingerprint density at radius 2 is 1.85 bits per heavy atom. The first-order chi connectivity index (χ1) is 9.53. The molecule has 4 nitrogen and oxygen atoms in total. The summed E-state index contributed by atoms with van der Waals surface area (Å²) in [6.45, 7) is 6.64. The predicted molar refractivity (Wildman–Crippen MR) is 80.8 cm³/mol. The zero-order valence-corrected chi connectivity index (χ0v) is 12.6. The van der Waals surface area contributed by atoms with E-state index in [4.69, 9.17) is 4.74 Å². The van der Waals surface area contributed by atoms with Gasteiger partial charge < -0.3 is 9.64 Å². The smallest absolute Gasteiger partial charge is 0.325 e. The molecule has 0 spiro atoms. The zero-order valence-electron chi connectivity index (χ0n) is 12.6. The summed E-state index contributed by atoms with van der Waals surface area (Å²) >= 11 is 0. The number of nitrogens with zero attached hydrogens (tertiary/aromatic N) is 1. The summed E-state index contributed by atoms with van der Waals surface area (Å²) in [5.41, 5.74) is 1.80. The van der Waals surface area contributed by atoms with Crippen LogP contribution in [0.4, 0.5) is 5.69 Å². The van der Waals surface area contributed by atoms with Gasteiger partial charge in [0.1, 0.15) is 5.54 Å². The second-order valence-electron chi connectivity index (χ2n) is 5.83. The highest BCUT2D eigenvalue weighted by Crippen LogP contribution is 2.20. The summed E-state index contributed by atoms with van der Waals surface area (Å²) in [4.78, 5) is 14.0. The molecule has 1 N–H and O–H groups in total. The molecule has 4 heteroatoms. The molecule has 1 aliphatic heterocycles. The maximum Gasteiger partial charge on any atom is 0.325 e. The molecule has 0 atom stereocenters. The van der Waals surface area contributed by atoms with Crippen LogP contribution < -0.4 is 10.2 Å². The molecule has 110 valence electrons. The van der Waals surface area contributed by atoms with E-state index in [0.717, 1.165) is 13.1 Å². The first kappa shape index (κ1) is 14.9. The topological polar surface area (TPSA) is 41.6 Å². The van der Waals surface area contributed by atoms with E-state index < -0.39 is 5.54 Å². The highest BCUT2D eigenvalue weighted by molar-refractivity contribution is 5.79. The molecule has 1 aromatic carbocycles. The van der Waals surface area contributed by atoms with Gasteiger partial charge in [-0.3, -0.25) is 10.1 Å². The van der Waals surface area contributed by atoms with Crippen molar-refractivity contribution in [2.45, 2.75) is 38.8 Å². The van der Waals surface area contributed by atoms with Crippen LogP contribution in [0.5, 0.6) is 0 Å². The van der Waals surface area contributed by atoms with Gasteiger partial charge in [0.15, 0.2) is 0 Å². The molecule has 20 heavy (non-hydrogen) atoms. The largest absolute Gasteiger partial charge is 0.468 e. The van der Waals surface area contributed by atoms with Gasteiger partial charge in [0.25, 0.3) is 0 Å². The van der Waals surface area contributed by atoms with Crippen LogP contribution in [0.3, 0.4) is 0 Å². The maximum atomic E-state index is 11.6. The molecule has 1 aromatic rings. The summed E-state index contributed by atoms with van der Waals surface area (Å²) in [6.07, 6.45) is 2.58. The van der Waals surface area contributed by atoms with Crippen molar-refractivity contribution in [3.8, 4) is 0 Å². The number of ether oxygens (including phenoxy) is 1. The van der Waals surface area contributed by atoms with E-state index in [1.54, 1.807) is 0 Å². The molecule has 1 fully saturated rings. The van der Waals surface area contributed by atoms with Crippen molar-refractivity contribution in [2.24, 2.45) is 0 Å². The van der Waals surface area contributed by atoms with Gasteiger partial charge >= 0.3 is 5.97 Å². The number of hydrogen-bond acceptors (Lipinski definition) is 4. The minimum Gasteiger partial charge on any atom is -0.468 e. The van der Waals surface area contributed by atoms with Crippen molar-refractivity contribution in [1.82, 2.24) is 5.32 Å². The minimum atomic E-state index is -0.664. The molecule has 0 saturated carbocycles. The number of benzene rings is 1. The van der Waals surface area contributed by atoms with Gasteiger partial charge in [-0.15, -0.1) is 0 Å². The van der Waals surface area contributed by atoms with E-state index in [2.05, 4.69) is 34.5 Å². The molecule has 1 saturated heterocycles. The van der Waals surface area contributed by atoms with Gasteiger partial charge in [-0.2, -0.15) is 0 Å². The van der Waals surface area contributed by atoms with Crippen LogP contribution in [-0.2, 0) is 16.1 Å². The van der Waals surface area contributed by atoms with Crippen LogP contribution in [0.25, 0.3) is 0 Å². The monoisotopic (exact) mass is 276 g/mol. The Kier molecular flexibility index (Phi) is 4.65. The van der Waals surface area contributed by atoms with E-state index in [9.17, 15) is 4.79 Å². The fourth-order valence-corrected chi connectivity index (χ4v) is 2.45. The van der Waals surface area contributed by atoms with E-state index in [0.29, 0.717) is 6.54 Å². The fraction of sp³-hybridized carbons (Fsp3) is 0.562. The third-order valence-electron chi connectivity index (χ3n) is 3.84. The normalized spacial score (nSPS) is 15.4. The Morgan fingerprint density at radius 1 is 1.25 bits per heavy atom. The van der Waals surface area contributed by atoms with Gasteiger partial charge in [0.2, 0.25) is 0 Å². The lowest BCUT2D eigenvalue weighted by Gasteiger charge is -2.23. The van der Waals surface area contributed by atoms with Crippen LogP contribution in [0, 0.1) is 0 Å². The molecule has 0 amide bonds. The van der Waals surface area contributed by atoms with E-state index in [1.807, 2.05) is 13.8 Å². The van der Waals surface area contributed by atoms with Crippen LogP contribution >= 0.6 is 0 Å². The number of nitrogens with one attached hydrogen (secondary N) is 1. The molecule has 0 bridgehead atoms. The Hall–Kier alpha value is -1.55. The summed E-state index contributed by atoms with van der Waals surface area (Å²) < 4.78 is 4.78. The number of anilines is 1. The fourth-order valence-electron chi connectivity index (χ4n) is 2.45. The molecule has 2 rings (SSSR count). The van der Waals surface area contributed by atoms with Gasteiger partial charge in [-0.1, -0.05) is 12.1 Å². The Morgan fingerprint density at radius 3 is 2.40 bits per heavy atom. The zero-order chi connectivity index (χ0) is 14.6. The lowest BCUT2D eigenvalue weighted by molar-refractivity contribution is -0.147. The molecule has 0 aliphatic carbocycles. The molecule has 0 aromatic heterocycles. The van der Waals surface area contributed by atoms with Gasteiger partial charge in [0.05, 0.1) is 7.11 Å². The third kappa shape index (κ3) is 3.51. The molecule has 0 unspecified atom stereocenters. The number of hydrogen-bond donors (Lipinski definition) is 1. The standard InChI is InChI=1S/C16H24N2O2/c1-16(2,15(19)20-3)17-12-13-6-8-14(9-7-13)18-10-4-5-11-18/h6-9,17H,4-5,10-12H2,1-3H3. The minimum absolute atomic E-state index is 0.244. The average Bonchev–Trinajstić information content (AvgIpc) is 2.99. The first-order valence-electron chi connectivity index (χ1n) is 7.20. The number of esters is 1. The quantitative estimate of drug-likeness (QED) is 0.838. The van der Waals surface area contributed by atoms with Crippen molar-refractivity contribution >= 4 is 11.7 Å². The lowest BCUT2D eigenvalue weighted by Crippen LogP contribution is -2.46. The molecule has 1 aliphatic rings. The van der Waals surface area contributed by atoms with Crippen molar-refractivity contribution in [1.29, 1.82) is 0 Å². The molecule has 1 heterocycles. The van der Waals surface area contributed by atoms with E-state index in [1.165, 1.54) is 31.2 Å². The number of methoxy groups -OCH3 is 1. The Balaban J connectivity index is 1.92. The summed E-state index contributed by atoms with van der Waals surface area (Å²) in [7, 11) is 1.41. The number of carbonyl (C=O) groups is 1. The SMILES string of the molecule is COC(=O)C(C)(C)NCc1ccc(N2CCCC2)cc1. The van der Waals surface area contributed by atoms with Crippen molar-refractivity contribution in [3.63, 3.8) is 0 Å². The molecule has 0 radical (unpaired) electrons. The third-order valence-corrected chi connectivity index (χ3v) is 3.84. The van der Waals surface area contributed by atoms with Crippen LogP contribution in [0.2, 0.25) is 0 Å². The van der Waals surface area contributed by atoms with Gasteiger partial charge in [-0.25, -0.2) is 0 Å². The van der Waals surface area contributed by atoms with Crippen LogP contribution in [0.1, 0.15) is 32.3 Å². The number of carbonyl (C=O) groups excluding carboxylic acids is 1. The summed E-state index contributed by atoms with van der Waals surface area (Å²) in [6, 6.07) is 8.56. The van der Waals surface area contributed by atoms with E-state index in [-0.39, 0.29) is 5.97 Å². The van der Waals surface area contributed by atoms with Crippen molar-refractivity contribution in [2.75, 3.05) is 25.1 Å². The van der Waals surface area contributed by atoms with Crippen molar-refractivity contribution in [3.05, 3.63) is 29.8 Å². The number of rotatable bonds is 5. The lowest BCUT2D eigenvalue weighted by atomic mass is 10.1. The maximum absolute atomic E-state index is 11.6. The van der Waals surface area contributed by atoms with Crippen LogP contribution in [-0.4, -0.2) is 31.7 Å². The summed E-state index contributed by atoms with van der Waals surface area (Å²) in [5, 5.41) is 3.23. The Bertz CT molecular complexity index is 448. The van der Waals surface area contributed by atoms with Crippen molar-refractivity contribution < 1.29 is 9.53 Å². The molecular formula is C16H24N2O2. The van der Waals surface area contributed by atoms with Crippen LogP contribution in [0.15, 0.2) is 24.3 Å². The average molecular weight is 276 g/mol. The highest BCUT2D eigenvalue weighted by Gasteiger charge is 2.27.